The van der Waals surface area contributed by atoms with Crippen LogP contribution in [0.3, 0.4) is 0 Å². The number of aromatic nitrogens is 2. The summed E-state index contributed by atoms with van der Waals surface area (Å²) in [7, 11) is -3.83. The Morgan fingerprint density at radius 2 is 2.37 bits per heavy atom. The summed E-state index contributed by atoms with van der Waals surface area (Å²) in [5, 5.41) is 14.6. The first kappa shape index (κ1) is 13.4. The van der Waals surface area contributed by atoms with Crippen molar-refractivity contribution in [2.24, 2.45) is 0 Å². The SMILES string of the molecule is CCn1cc(S(=O)(=O)Nc2sccc2C#N)c(N)n1. The minimum absolute atomic E-state index is 0.0654. The molecule has 0 amide bonds. The highest BCUT2D eigenvalue weighted by molar-refractivity contribution is 7.93. The average molecular weight is 297 g/mol. The predicted octanol–water partition coefficient (Wildman–Crippen LogP) is 1.22. The third-order valence-corrected chi connectivity index (χ3v) is 4.71. The van der Waals surface area contributed by atoms with E-state index >= 15 is 0 Å². The van der Waals surface area contributed by atoms with Crippen LogP contribution in [0.5, 0.6) is 0 Å². The largest absolute Gasteiger partial charge is 0.381 e. The highest BCUT2D eigenvalue weighted by Gasteiger charge is 2.22. The Kier molecular flexibility index (Phi) is 3.46. The number of aryl methyl sites for hydroxylation is 1. The molecule has 2 rings (SSSR count). The summed E-state index contributed by atoms with van der Waals surface area (Å²) in [6.45, 7) is 2.34. The number of nitrogens with zero attached hydrogens (tertiary/aromatic N) is 3. The van der Waals surface area contributed by atoms with Crippen LogP contribution in [0.1, 0.15) is 12.5 Å². The molecule has 0 saturated carbocycles. The second-order valence-electron chi connectivity index (χ2n) is 3.61. The number of hydrogen-bond acceptors (Lipinski definition) is 6. The fourth-order valence-corrected chi connectivity index (χ4v) is 3.58. The number of nitriles is 1. The molecule has 0 spiro atoms. The summed E-state index contributed by atoms with van der Waals surface area (Å²) in [5.41, 5.74) is 5.86. The molecule has 7 nitrogen and oxygen atoms in total. The lowest BCUT2D eigenvalue weighted by Crippen LogP contribution is -2.13. The van der Waals surface area contributed by atoms with E-state index in [4.69, 9.17) is 11.0 Å². The molecule has 2 aromatic heterocycles. The van der Waals surface area contributed by atoms with Gasteiger partial charge in [-0.3, -0.25) is 9.40 Å². The van der Waals surface area contributed by atoms with Crippen molar-refractivity contribution in [1.29, 1.82) is 5.26 Å². The smallest absolute Gasteiger partial charge is 0.267 e. The van der Waals surface area contributed by atoms with Gasteiger partial charge in [0.2, 0.25) is 0 Å². The van der Waals surface area contributed by atoms with E-state index in [1.165, 1.54) is 10.9 Å². The number of sulfonamides is 1. The number of anilines is 2. The zero-order valence-electron chi connectivity index (χ0n) is 9.99. The monoisotopic (exact) mass is 297 g/mol. The van der Waals surface area contributed by atoms with Gasteiger partial charge in [0.05, 0.1) is 5.56 Å². The molecular formula is C10H11N5O2S2. The van der Waals surface area contributed by atoms with Crippen LogP contribution >= 0.6 is 11.3 Å². The Labute approximate surface area is 114 Å². The fourth-order valence-electron chi connectivity index (χ4n) is 1.44. The zero-order valence-corrected chi connectivity index (χ0v) is 11.6. The van der Waals surface area contributed by atoms with E-state index in [1.54, 1.807) is 11.4 Å². The molecule has 0 unspecified atom stereocenters. The van der Waals surface area contributed by atoms with Gasteiger partial charge in [-0.15, -0.1) is 11.3 Å². The topological polar surface area (TPSA) is 114 Å². The first-order valence-electron chi connectivity index (χ1n) is 5.31. The maximum atomic E-state index is 12.2. The molecule has 9 heteroatoms. The van der Waals surface area contributed by atoms with Gasteiger partial charge < -0.3 is 5.73 Å². The minimum Gasteiger partial charge on any atom is -0.381 e. The highest BCUT2D eigenvalue weighted by Crippen LogP contribution is 2.27. The Bertz CT molecular complexity index is 738. The fraction of sp³-hybridized carbons (Fsp3) is 0.200. The molecule has 0 aliphatic rings. The van der Waals surface area contributed by atoms with Crippen molar-refractivity contribution in [2.45, 2.75) is 18.4 Å². The molecule has 0 aromatic carbocycles. The number of nitrogen functional groups attached to an aromatic ring is 1. The maximum absolute atomic E-state index is 12.2. The first-order valence-corrected chi connectivity index (χ1v) is 7.67. The van der Waals surface area contributed by atoms with E-state index in [1.807, 2.05) is 13.0 Å². The van der Waals surface area contributed by atoms with Gasteiger partial charge in [-0.1, -0.05) is 0 Å². The van der Waals surface area contributed by atoms with Crippen LogP contribution < -0.4 is 10.5 Å². The van der Waals surface area contributed by atoms with Crippen LogP contribution in [0, 0.1) is 11.3 Å². The lowest BCUT2D eigenvalue weighted by molar-refractivity contribution is 0.601. The van der Waals surface area contributed by atoms with Gasteiger partial charge in [0.15, 0.2) is 5.82 Å². The second-order valence-corrected chi connectivity index (χ2v) is 6.18. The number of nitrogens with one attached hydrogen (secondary N) is 1. The molecule has 0 aliphatic heterocycles. The van der Waals surface area contributed by atoms with E-state index in [2.05, 4.69) is 9.82 Å². The molecular weight excluding hydrogens is 286 g/mol. The van der Waals surface area contributed by atoms with Crippen molar-refractivity contribution in [3.05, 3.63) is 23.2 Å². The quantitative estimate of drug-likeness (QED) is 0.880. The number of thiophene rings is 1. The molecule has 2 heterocycles. The number of nitrogens with two attached hydrogens (primary N) is 1. The van der Waals surface area contributed by atoms with Gasteiger partial charge in [-0.05, 0) is 18.4 Å². The van der Waals surface area contributed by atoms with Crippen LogP contribution in [0.2, 0.25) is 0 Å². The van der Waals surface area contributed by atoms with Crippen LogP contribution in [0.25, 0.3) is 0 Å². The molecule has 0 fully saturated rings. The Hall–Kier alpha value is -2.05. The Balaban J connectivity index is 2.38. The molecule has 0 radical (unpaired) electrons. The second kappa shape index (κ2) is 4.91. The lowest BCUT2D eigenvalue weighted by atomic mass is 10.4. The molecule has 100 valence electrons. The third kappa shape index (κ3) is 2.54. The molecule has 0 bridgehead atoms. The Morgan fingerprint density at radius 3 is 2.95 bits per heavy atom. The zero-order chi connectivity index (χ0) is 14.0. The van der Waals surface area contributed by atoms with Crippen molar-refractivity contribution >= 4 is 32.2 Å². The van der Waals surface area contributed by atoms with E-state index < -0.39 is 10.0 Å². The maximum Gasteiger partial charge on any atom is 0.267 e. The number of rotatable bonds is 4. The average Bonchev–Trinajstić information content (AvgIpc) is 2.95. The van der Waals surface area contributed by atoms with Gasteiger partial charge in [0.1, 0.15) is 16.0 Å². The van der Waals surface area contributed by atoms with E-state index in [9.17, 15) is 8.42 Å². The minimum atomic E-state index is -3.83. The van der Waals surface area contributed by atoms with Crippen LogP contribution in [0.15, 0.2) is 22.5 Å². The van der Waals surface area contributed by atoms with Crippen LogP contribution in [0.4, 0.5) is 10.8 Å². The van der Waals surface area contributed by atoms with Crippen molar-refractivity contribution in [3.8, 4) is 6.07 Å². The van der Waals surface area contributed by atoms with E-state index in [0.29, 0.717) is 6.54 Å². The molecule has 0 saturated heterocycles. The third-order valence-electron chi connectivity index (χ3n) is 2.38. The highest BCUT2D eigenvalue weighted by atomic mass is 32.2. The Morgan fingerprint density at radius 1 is 1.63 bits per heavy atom. The van der Waals surface area contributed by atoms with Gasteiger partial charge in [0.25, 0.3) is 10.0 Å². The summed E-state index contributed by atoms with van der Waals surface area (Å²) >= 11 is 1.13. The first-order chi connectivity index (χ1) is 8.97. The van der Waals surface area contributed by atoms with Crippen LogP contribution in [-0.2, 0) is 16.6 Å². The number of hydrogen-bond donors (Lipinski definition) is 2. The molecule has 3 N–H and O–H groups in total. The van der Waals surface area contributed by atoms with Crippen LogP contribution in [-0.4, -0.2) is 18.2 Å². The van der Waals surface area contributed by atoms with E-state index in [0.717, 1.165) is 11.3 Å². The lowest BCUT2D eigenvalue weighted by Gasteiger charge is -2.04. The standard InChI is InChI=1S/C10H11N5O2S2/c1-2-15-6-8(9(12)13-15)19(16,17)14-10-7(5-11)3-4-18-10/h3-4,6,14H,2H2,1H3,(H2,12,13). The van der Waals surface area contributed by atoms with Crippen molar-refractivity contribution < 1.29 is 8.42 Å². The van der Waals surface area contributed by atoms with Gasteiger partial charge >= 0.3 is 0 Å². The van der Waals surface area contributed by atoms with Gasteiger partial charge in [0, 0.05) is 12.7 Å². The van der Waals surface area contributed by atoms with Gasteiger partial charge in [-0.2, -0.15) is 10.4 Å². The van der Waals surface area contributed by atoms with Gasteiger partial charge in [-0.25, -0.2) is 8.42 Å². The summed E-state index contributed by atoms with van der Waals surface area (Å²) in [6.07, 6.45) is 1.36. The molecule has 2 aromatic rings. The van der Waals surface area contributed by atoms with Crippen molar-refractivity contribution in [1.82, 2.24) is 9.78 Å². The normalized spacial score (nSPS) is 11.2. The summed E-state index contributed by atoms with van der Waals surface area (Å²) in [5.74, 6) is -0.0654. The van der Waals surface area contributed by atoms with Crippen molar-refractivity contribution in [2.75, 3.05) is 10.5 Å². The summed E-state index contributed by atoms with van der Waals surface area (Å²) in [6, 6.07) is 3.45. The molecule has 19 heavy (non-hydrogen) atoms. The van der Waals surface area contributed by atoms with Crippen molar-refractivity contribution in [3.63, 3.8) is 0 Å². The van der Waals surface area contributed by atoms with E-state index in [-0.39, 0.29) is 21.3 Å². The molecule has 0 atom stereocenters. The predicted molar refractivity (Wildman–Crippen MR) is 72.2 cm³/mol. The molecule has 0 aliphatic carbocycles. The summed E-state index contributed by atoms with van der Waals surface area (Å²) in [4.78, 5) is -0.0911. The summed E-state index contributed by atoms with van der Waals surface area (Å²) < 4.78 is 28.1.